The third-order valence-electron chi connectivity index (χ3n) is 5.32. The lowest BCUT2D eigenvalue weighted by molar-refractivity contribution is -0.117. The molecule has 0 radical (unpaired) electrons. The molecule has 2 fully saturated rings. The molecule has 1 saturated carbocycles. The van der Waals surface area contributed by atoms with E-state index < -0.39 is 0 Å². The van der Waals surface area contributed by atoms with Gasteiger partial charge in [-0.25, -0.2) is 0 Å². The minimum Gasteiger partial charge on any atom is -0.495 e. The van der Waals surface area contributed by atoms with Crippen LogP contribution < -0.4 is 15.0 Å². The van der Waals surface area contributed by atoms with Crippen molar-refractivity contribution in [3.63, 3.8) is 0 Å². The van der Waals surface area contributed by atoms with Crippen molar-refractivity contribution in [2.24, 2.45) is 5.92 Å². The highest BCUT2D eigenvalue weighted by atomic mass is 16.5. The van der Waals surface area contributed by atoms with Crippen LogP contribution in [0.2, 0.25) is 0 Å². The highest BCUT2D eigenvalue weighted by molar-refractivity contribution is 5.98. The minimum atomic E-state index is 0.00203. The van der Waals surface area contributed by atoms with Crippen LogP contribution in [-0.4, -0.2) is 50.0 Å². The van der Waals surface area contributed by atoms with Crippen molar-refractivity contribution < 1.29 is 14.3 Å². The zero-order valence-corrected chi connectivity index (χ0v) is 16.1. The highest BCUT2D eigenvalue weighted by Crippen LogP contribution is 2.30. The number of ether oxygens (including phenoxy) is 1. The molecule has 6 nitrogen and oxygen atoms in total. The van der Waals surface area contributed by atoms with Gasteiger partial charge in [0.05, 0.1) is 12.8 Å². The molecule has 1 aliphatic heterocycles. The third-order valence-corrected chi connectivity index (χ3v) is 5.32. The summed E-state index contributed by atoms with van der Waals surface area (Å²) in [7, 11) is 1.67. The summed E-state index contributed by atoms with van der Waals surface area (Å²) in [6.07, 6.45) is 1.92. The quantitative estimate of drug-likeness (QED) is 0.868. The second kappa shape index (κ2) is 7.92. The number of nitrogens with zero attached hydrogens (tertiary/aromatic N) is 2. The number of piperazine rings is 1. The standard InChI is InChI=1S/C22H25N3O3/c1-28-20-8-3-2-7-19(20)24-11-13-25(14-12-24)22(27)17-5-4-6-18(15-17)23-21(26)16-9-10-16/h2-8,15-16H,9-14H2,1H3,(H,23,26). The molecule has 146 valence electrons. The van der Waals surface area contributed by atoms with Crippen molar-refractivity contribution in [2.45, 2.75) is 12.8 Å². The molecule has 2 amide bonds. The molecule has 0 spiro atoms. The van der Waals surface area contributed by atoms with Gasteiger partial charge in [0.15, 0.2) is 0 Å². The predicted octanol–water partition coefficient (Wildman–Crippen LogP) is 3.01. The number of anilines is 2. The second-order valence-electron chi connectivity index (χ2n) is 7.30. The number of carbonyl (C=O) groups is 2. The fourth-order valence-corrected chi connectivity index (χ4v) is 3.54. The summed E-state index contributed by atoms with van der Waals surface area (Å²) in [6.45, 7) is 2.81. The first kappa shape index (κ1) is 18.3. The van der Waals surface area contributed by atoms with Gasteiger partial charge in [-0.05, 0) is 43.2 Å². The lowest BCUT2D eigenvalue weighted by atomic mass is 10.1. The molecular weight excluding hydrogens is 354 g/mol. The first-order valence-corrected chi connectivity index (χ1v) is 9.74. The summed E-state index contributed by atoms with van der Waals surface area (Å²) < 4.78 is 5.45. The van der Waals surface area contributed by atoms with Gasteiger partial charge >= 0.3 is 0 Å². The smallest absolute Gasteiger partial charge is 0.254 e. The highest BCUT2D eigenvalue weighted by Gasteiger charge is 2.30. The van der Waals surface area contributed by atoms with E-state index in [2.05, 4.69) is 10.2 Å². The molecule has 1 heterocycles. The molecule has 0 bridgehead atoms. The van der Waals surface area contributed by atoms with E-state index in [1.807, 2.05) is 47.4 Å². The van der Waals surface area contributed by atoms with E-state index in [-0.39, 0.29) is 17.7 Å². The number of carbonyl (C=O) groups excluding carboxylic acids is 2. The number of hydrogen-bond acceptors (Lipinski definition) is 4. The van der Waals surface area contributed by atoms with Crippen molar-refractivity contribution in [3.05, 3.63) is 54.1 Å². The Bertz CT molecular complexity index is 871. The van der Waals surface area contributed by atoms with Crippen molar-refractivity contribution in [1.82, 2.24) is 4.90 Å². The van der Waals surface area contributed by atoms with Gasteiger partial charge in [-0.1, -0.05) is 18.2 Å². The molecule has 4 rings (SSSR count). The lowest BCUT2D eigenvalue weighted by Crippen LogP contribution is -2.48. The Morgan fingerprint density at radius 3 is 2.46 bits per heavy atom. The fraction of sp³-hybridized carbons (Fsp3) is 0.364. The normalized spacial score (nSPS) is 16.6. The second-order valence-corrected chi connectivity index (χ2v) is 7.30. The maximum Gasteiger partial charge on any atom is 0.254 e. The number of para-hydroxylation sites is 2. The Balaban J connectivity index is 1.39. The molecule has 0 aromatic heterocycles. The molecule has 2 aliphatic rings. The average molecular weight is 379 g/mol. The molecule has 28 heavy (non-hydrogen) atoms. The van der Waals surface area contributed by atoms with Crippen LogP contribution in [0.25, 0.3) is 0 Å². The number of amides is 2. The lowest BCUT2D eigenvalue weighted by Gasteiger charge is -2.36. The molecule has 1 saturated heterocycles. The molecule has 6 heteroatoms. The van der Waals surface area contributed by atoms with E-state index in [0.29, 0.717) is 24.3 Å². The molecule has 1 aliphatic carbocycles. The Morgan fingerprint density at radius 2 is 1.75 bits per heavy atom. The van der Waals surface area contributed by atoms with Crippen molar-refractivity contribution >= 4 is 23.2 Å². The molecule has 0 unspecified atom stereocenters. The van der Waals surface area contributed by atoms with Crippen LogP contribution in [0, 0.1) is 5.92 Å². The summed E-state index contributed by atoms with van der Waals surface area (Å²) in [4.78, 5) is 29.0. The molecule has 2 aromatic carbocycles. The van der Waals surface area contributed by atoms with Crippen LogP contribution >= 0.6 is 0 Å². The van der Waals surface area contributed by atoms with E-state index in [1.54, 1.807) is 13.2 Å². The zero-order chi connectivity index (χ0) is 19.5. The number of benzene rings is 2. The Kier molecular flexibility index (Phi) is 5.19. The fourth-order valence-electron chi connectivity index (χ4n) is 3.54. The van der Waals surface area contributed by atoms with Gasteiger partial charge in [0.2, 0.25) is 5.91 Å². The van der Waals surface area contributed by atoms with Gasteiger partial charge in [0, 0.05) is 43.3 Å². The van der Waals surface area contributed by atoms with Crippen LogP contribution in [0.1, 0.15) is 23.2 Å². The first-order valence-electron chi connectivity index (χ1n) is 9.74. The number of rotatable bonds is 5. The third kappa shape index (κ3) is 3.96. The molecule has 2 aromatic rings. The summed E-state index contributed by atoms with van der Waals surface area (Å²) in [5.74, 6) is 1.04. The largest absolute Gasteiger partial charge is 0.495 e. The van der Waals surface area contributed by atoms with E-state index in [0.717, 1.165) is 37.4 Å². The summed E-state index contributed by atoms with van der Waals surface area (Å²) in [5.41, 5.74) is 2.36. The van der Waals surface area contributed by atoms with Gasteiger partial charge in [-0.15, -0.1) is 0 Å². The summed E-state index contributed by atoms with van der Waals surface area (Å²) in [6, 6.07) is 15.2. The molecular formula is C22H25N3O3. The van der Waals surface area contributed by atoms with E-state index in [4.69, 9.17) is 4.74 Å². The summed E-state index contributed by atoms with van der Waals surface area (Å²) in [5, 5.41) is 2.91. The maximum atomic E-state index is 12.9. The van der Waals surface area contributed by atoms with Gasteiger partial charge in [0.1, 0.15) is 5.75 Å². The predicted molar refractivity (Wildman–Crippen MR) is 109 cm³/mol. The zero-order valence-electron chi connectivity index (χ0n) is 16.1. The average Bonchev–Trinajstić information content (AvgIpc) is 3.59. The Hall–Kier alpha value is -3.02. The number of hydrogen-bond donors (Lipinski definition) is 1. The number of nitrogens with one attached hydrogen (secondary N) is 1. The van der Waals surface area contributed by atoms with Crippen LogP contribution in [0.5, 0.6) is 5.75 Å². The van der Waals surface area contributed by atoms with Crippen LogP contribution in [0.15, 0.2) is 48.5 Å². The SMILES string of the molecule is COc1ccccc1N1CCN(C(=O)c2cccc(NC(=O)C3CC3)c2)CC1. The van der Waals surface area contributed by atoms with Crippen LogP contribution in [-0.2, 0) is 4.79 Å². The minimum absolute atomic E-state index is 0.00203. The van der Waals surface area contributed by atoms with E-state index in [1.165, 1.54) is 0 Å². The van der Waals surface area contributed by atoms with Crippen molar-refractivity contribution in [1.29, 1.82) is 0 Å². The molecule has 0 atom stereocenters. The maximum absolute atomic E-state index is 12.9. The van der Waals surface area contributed by atoms with Gasteiger partial charge in [-0.2, -0.15) is 0 Å². The van der Waals surface area contributed by atoms with Gasteiger partial charge in [-0.3, -0.25) is 9.59 Å². The monoisotopic (exact) mass is 379 g/mol. The summed E-state index contributed by atoms with van der Waals surface area (Å²) >= 11 is 0. The Morgan fingerprint density at radius 1 is 1.00 bits per heavy atom. The Labute approximate surface area is 165 Å². The van der Waals surface area contributed by atoms with Crippen molar-refractivity contribution in [2.75, 3.05) is 43.5 Å². The molecule has 1 N–H and O–H groups in total. The number of methoxy groups -OCH3 is 1. The van der Waals surface area contributed by atoms with Crippen LogP contribution in [0.3, 0.4) is 0 Å². The first-order chi connectivity index (χ1) is 13.7. The van der Waals surface area contributed by atoms with Crippen molar-refractivity contribution in [3.8, 4) is 5.75 Å². The van der Waals surface area contributed by atoms with Gasteiger partial charge in [0.25, 0.3) is 5.91 Å². The van der Waals surface area contributed by atoms with Gasteiger partial charge < -0.3 is 19.9 Å². The van der Waals surface area contributed by atoms with E-state index >= 15 is 0 Å². The van der Waals surface area contributed by atoms with E-state index in [9.17, 15) is 9.59 Å². The topological polar surface area (TPSA) is 61.9 Å². The van der Waals surface area contributed by atoms with Crippen LogP contribution in [0.4, 0.5) is 11.4 Å².